The summed E-state index contributed by atoms with van der Waals surface area (Å²) >= 11 is 1.30. The summed E-state index contributed by atoms with van der Waals surface area (Å²) in [6.07, 6.45) is 5.12. The van der Waals surface area contributed by atoms with Gasteiger partial charge >= 0.3 is 0 Å². The van der Waals surface area contributed by atoms with Crippen LogP contribution in [0, 0.1) is 5.82 Å². The van der Waals surface area contributed by atoms with Gasteiger partial charge in [-0.05, 0) is 31.0 Å². The number of hydrogen-bond acceptors (Lipinski definition) is 10. The van der Waals surface area contributed by atoms with Gasteiger partial charge in [0, 0.05) is 49.9 Å². The lowest BCUT2D eigenvalue weighted by Crippen LogP contribution is -2.47. The number of likely N-dealkylation sites (tertiary alicyclic amines) is 1. The van der Waals surface area contributed by atoms with Gasteiger partial charge in [0.05, 0.1) is 11.1 Å². The van der Waals surface area contributed by atoms with Crippen LogP contribution in [0.15, 0.2) is 40.1 Å². The summed E-state index contributed by atoms with van der Waals surface area (Å²) in [4.78, 5) is 25.2. The standard InChI is InChI=1S/C21H22FN5O5S2/c1-34(29,30)14-2-3-16(15(22)10-14)32-17-6-9-27(20(17)28)13-4-7-26(8-5-13)21-24-19(25-33-21)18-11-23-12-31-18/h2-3,10-13,17H,4-9H2,1H3. The lowest BCUT2D eigenvalue weighted by molar-refractivity contribution is -0.135. The Bertz CT molecular complexity index is 1290. The van der Waals surface area contributed by atoms with Gasteiger partial charge in [-0.25, -0.2) is 17.8 Å². The highest BCUT2D eigenvalue weighted by molar-refractivity contribution is 7.90. The minimum Gasteiger partial charge on any atom is -0.477 e. The average Bonchev–Trinajstić information content (AvgIpc) is 3.56. The molecule has 0 aliphatic carbocycles. The number of amides is 1. The molecule has 10 nitrogen and oxygen atoms in total. The van der Waals surface area contributed by atoms with E-state index in [0.29, 0.717) is 24.6 Å². The van der Waals surface area contributed by atoms with E-state index < -0.39 is 21.8 Å². The van der Waals surface area contributed by atoms with Crippen LogP contribution in [0.2, 0.25) is 0 Å². The number of carbonyl (C=O) groups is 1. The zero-order chi connectivity index (χ0) is 23.9. The maximum Gasteiger partial charge on any atom is 0.263 e. The summed E-state index contributed by atoms with van der Waals surface area (Å²) in [6, 6.07) is 3.52. The van der Waals surface area contributed by atoms with E-state index in [1.807, 2.05) is 4.90 Å². The van der Waals surface area contributed by atoms with Crippen LogP contribution in [0.25, 0.3) is 11.6 Å². The number of nitrogens with zero attached hydrogens (tertiary/aromatic N) is 5. The number of rotatable bonds is 6. The highest BCUT2D eigenvalue weighted by Crippen LogP contribution is 2.30. The van der Waals surface area contributed by atoms with Gasteiger partial charge in [0.2, 0.25) is 11.0 Å². The largest absolute Gasteiger partial charge is 0.477 e. The van der Waals surface area contributed by atoms with Gasteiger partial charge in [-0.15, -0.1) is 0 Å². The van der Waals surface area contributed by atoms with E-state index in [1.54, 1.807) is 6.20 Å². The summed E-state index contributed by atoms with van der Waals surface area (Å²) in [5.74, 6) is -0.0707. The number of carbonyl (C=O) groups excluding carboxylic acids is 1. The molecule has 0 saturated carbocycles. The number of piperidine rings is 1. The van der Waals surface area contributed by atoms with Gasteiger partial charge in [0.15, 0.2) is 39.7 Å². The van der Waals surface area contributed by atoms with Crippen LogP contribution in [0.3, 0.4) is 0 Å². The molecule has 1 unspecified atom stereocenters. The first-order valence-electron chi connectivity index (χ1n) is 10.7. The van der Waals surface area contributed by atoms with Crippen LogP contribution in [0.4, 0.5) is 9.52 Å². The first-order chi connectivity index (χ1) is 16.3. The topological polar surface area (TPSA) is 119 Å². The van der Waals surface area contributed by atoms with Crippen LogP contribution >= 0.6 is 11.5 Å². The molecule has 34 heavy (non-hydrogen) atoms. The zero-order valence-corrected chi connectivity index (χ0v) is 19.9. The number of hydrogen-bond donors (Lipinski definition) is 0. The molecule has 180 valence electrons. The molecule has 0 spiro atoms. The van der Waals surface area contributed by atoms with Crippen LogP contribution < -0.4 is 9.64 Å². The molecule has 5 rings (SSSR count). The monoisotopic (exact) mass is 507 g/mol. The SMILES string of the molecule is CS(=O)(=O)c1ccc(OC2CCN(C3CCN(c4nc(-c5cnco5)ns4)CC3)C2=O)c(F)c1. The Morgan fingerprint density at radius 3 is 2.68 bits per heavy atom. The van der Waals surface area contributed by atoms with Crippen molar-refractivity contribution in [2.24, 2.45) is 0 Å². The molecule has 0 radical (unpaired) electrons. The lowest BCUT2D eigenvalue weighted by atomic mass is 10.0. The van der Waals surface area contributed by atoms with E-state index in [0.717, 1.165) is 43.4 Å². The molecular formula is C21H22FN5O5S2. The molecule has 1 atom stereocenters. The number of benzene rings is 1. The molecule has 2 aliphatic heterocycles. The van der Waals surface area contributed by atoms with Gasteiger partial charge in [-0.2, -0.15) is 9.36 Å². The highest BCUT2D eigenvalue weighted by Gasteiger charge is 2.39. The molecular weight excluding hydrogens is 485 g/mol. The third-order valence-electron chi connectivity index (χ3n) is 6.04. The molecule has 13 heteroatoms. The molecule has 0 bridgehead atoms. The van der Waals surface area contributed by atoms with Crippen LogP contribution in [0.5, 0.6) is 5.75 Å². The predicted octanol–water partition coefficient (Wildman–Crippen LogP) is 2.38. The Hall–Kier alpha value is -3.06. The number of sulfone groups is 1. The van der Waals surface area contributed by atoms with Crippen molar-refractivity contribution in [3.63, 3.8) is 0 Å². The second kappa shape index (κ2) is 8.95. The Morgan fingerprint density at radius 1 is 1.21 bits per heavy atom. The summed E-state index contributed by atoms with van der Waals surface area (Å²) in [7, 11) is -3.53. The molecule has 0 N–H and O–H groups in total. The van der Waals surface area contributed by atoms with Gasteiger partial charge in [-0.3, -0.25) is 4.79 Å². The lowest BCUT2D eigenvalue weighted by Gasteiger charge is -2.36. The van der Waals surface area contributed by atoms with Crippen molar-refractivity contribution in [1.29, 1.82) is 0 Å². The Balaban J connectivity index is 1.18. The molecule has 2 aromatic heterocycles. The summed E-state index contributed by atoms with van der Waals surface area (Å²) in [6.45, 7) is 1.99. The van der Waals surface area contributed by atoms with E-state index in [-0.39, 0.29) is 22.6 Å². The minimum atomic E-state index is -3.53. The first kappa shape index (κ1) is 22.7. The second-order valence-corrected chi connectivity index (χ2v) is 11.0. The normalized spacial score (nSPS) is 19.7. The fourth-order valence-corrected chi connectivity index (χ4v) is 5.60. The van der Waals surface area contributed by atoms with E-state index >= 15 is 0 Å². The third kappa shape index (κ3) is 4.49. The maximum absolute atomic E-state index is 14.4. The van der Waals surface area contributed by atoms with Crippen molar-refractivity contribution in [2.45, 2.75) is 36.3 Å². The molecule has 1 amide bonds. The molecule has 3 aromatic rings. The van der Waals surface area contributed by atoms with E-state index in [9.17, 15) is 17.6 Å². The molecule has 2 fully saturated rings. The van der Waals surface area contributed by atoms with Gasteiger partial charge in [-0.1, -0.05) is 0 Å². The van der Waals surface area contributed by atoms with E-state index in [2.05, 4.69) is 19.2 Å². The van der Waals surface area contributed by atoms with Crippen molar-refractivity contribution < 1.29 is 26.8 Å². The summed E-state index contributed by atoms with van der Waals surface area (Å²) in [5.41, 5.74) is 0. The minimum absolute atomic E-state index is 0.0662. The summed E-state index contributed by atoms with van der Waals surface area (Å²) < 4.78 is 52.8. The number of aromatic nitrogens is 3. The third-order valence-corrected chi connectivity index (χ3v) is 7.92. The molecule has 1 aromatic carbocycles. The first-order valence-corrected chi connectivity index (χ1v) is 13.4. The smallest absolute Gasteiger partial charge is 0.263 e. The van der Waals surface area contributed by atoms with Gasteiger partial charge < -0.3 is 19.0 Å². The van der Waals surface area contributed by atoms with Crippen LogP contribution in [-0.2, 0) is 14.6 Å². The van der Waals surface area contributed by atoms with Crippen molar-refractivity contribution in [3.05, 3.63) is 36.6 Å². The van der Waals surface area contributed by atoms with Crippen LogP contribution in [-0.4, -0.2) is 71.6 Å². The molecule has 4 heterocycles. The van der Waals surface area contributed by atoms with Crippen molar-refractivity contribution in [1.82, 2.24) is 19.2 Å². The van der Waals surface area contributed by atoms with Crippen molar-refractivity contribution in [3.8, 4) is 17.3 Å². The second-order valence-electron chi connectivity index (χ2n) is 8.28. The van der Waals surface area contributed by atoms with Crippen molar-refractivity contribution >= 4 is 32.4 Å². The fraction of sp³-hybridized carbons (Fsp3) is 0.429. The number of ether oxygens (including phenoxy) is 1. The number of halogens is 1. The predicted molar refractivity (Wildman–Crippen MR) is 121 cm³/mol. The Kier molecular flexibility index (Phi) is 5.98. The Labute approximate surface area is 199 Å². The van der Waals surface area contributed by atoms with Gasteiger partial charge in [0.25, 0.3) is 5.91 Å². The highest BCUT2D eigenvalue weighted by atomic mass is 32.2. The molecule has 2 aliphatic rings. The number of oxazole rings is 1. The zero-order valence-electron chi connectivity index (χ0n) is 18.3. The van der Waals surface area contributed by atoms with E-state index in [4.69, 9.17) is 9.15 Å². The average molecular weight is 508 g/mol. The Morgan fingerprint density at radius 2 is 2.00 bits per heavy atom. The van der Waals surface area contributed by atoms with Crippen LogP contribution in [0.1, 0.15) is 19.3 Å². The van der Waals surface area contributed by atoms with E-state index in [1.165, 1.54) is 30.1 Å². The summed E-state index contributed by atoms with van der Waals surface area (Å²) in [5, 5.41) is 0.798. The molecule has 2 saturated heterocycles. The number of anilines is 1. The maximum atomic E-state index is 14.4. The van der Waals surface area contributed by atoms with Crippen molar-refractivity contribution in [2.75, 3.05) is 30.8 Å². The fourth-order valence-electron chi connectivity index (χ4n) is 4.25. The quantitative estimate of drug-likeness (QED) is 0.495. The van der Waals surface area contributed by atoms with Gasteiger partial charge in [0.1, 0.15) is 0 Å².